The van der Waals surface area contributed by atoms with Gasteiger partial charge in [0.1, 0.15) is 0 Å². The van der Waals surface area contributed by atoms with Crippen molar-refractivity contribution in [2.45, 2.75) is 20.4 Å². The van der Waals surface area contributed by atoms with Gasteiger partial charge in [-0.2, -0.15) is 0 Å². The van der Waals surface area contributed by atoms with Gasteiger partial charge in [-0.25, -0.2) is 4.98 Å². The summed E-state index contributed by atoms with van der Waals surface area (Å²) in [6, 6.07) is 0. The molecule has 0 amide bonds. The fourth-order valence-corrected chi connectivity index (χ4v) is 3.03. The van der Waals surface area contributed by atoms with Crippen molar-refractivity contribution in [1.29, 1.82) is 0 Å². The van der Waals surface area contributed by atoms with Crippen LogP contribution in [0.2, 0.25) is 0 Å². The van der Waals surface area contributed by atoms with E-state index in [1.807, 2.05) is 0 Å². The van der Waals surface area contributed by atoms with E-state index < -0.39 is 0 Å². The van der Waals surface area contributed by atoms with E-state index in [-0.39, 0.29) is 0 Å². The van der Waals surface area contributed by atoms with Crippen molar-refractivity contribution in [1.82, 2.24) is 14.7 Å². The summed E-state index contributed by atoms with van der Waals surface area (Å²) in [5.74, 6) is 1.70. The van der Waals surface area contributed by atoms with Crippen LogP contribution in [0, 0.1) is 5.92 Å². The first kappa shape index (κ1) is 15.3. The highest BCUT2D eigenvalue weighted by atomic mass is 32.1. The predicted octanol–water partition coefficient (Wildman–Crippen LogP) is 2.22. The number of hydrogen-bond donors (Lipinski definition) is 1. The van der Waals surface area contributed by atoms with E-state index >= 15 is 0 Å². The Hall–Kier alpha value is -1.11. The maximum atomic E-state index is 5.07. The lowest BCUT2D eigenvalue weighted by molar-refractivity contribution is 0.199. The minimum Gasteiger partial charge on any atom is -0.383 e. The fraction of sp³-hybridized carbons (Fsp3) is 0.643. The summed E-state index contributed by atoms with van der Waals surface area (Å²) in [5, 5.41) is 5.49. The number of anilines is 1. The second-order valence-corrected chi connectivity index (χ2v) is 6.25. The molecule has 1 N–H and O–H groups in total. The quantitative estimate of drug-likeness (QED) is 0.759. The van der Waals surface area contributed by atoms with Gasteiger partial charge in [-0.15, -0.1) is 11.3 Å². The number of nitrogens with zero attached hydrogens (tertiary/aromatic N) is 3. The number of rotatable bonds is 8. The van der Waals surface area contributed by atoms with E-state index in [2.05, 4.69) is 47.1 Å². The molecule has 5 nitrogen and oxygen atoms in total. The first-order valence-electron chi connectivity index (χ1n) is 6.98. The van der Waals surface area contributed by atoms with Gasteiger partial charge < -0.3 is 15.0 Å². The van der Waals surface area contributed by atoms with Crippen molar-refractivity contribution in [2.24, 2.45) is 5.92 Å². The van der Waals surface area contributed by atoms with Crippen LogP contribution in [-0.4, -0.2) is 43.2 Å². The van der Waals surface area contributed by atoms with Gasteiger partial charge >= 0.3 is 0 Å². The zero-order valence-electron chi connectivity index (χ0n) is 12.7. The zero-order valence-corrected chi connectivity index (χ0v) is 13.5. The third kappa shape index (κ3) is 3.50. The fourth-order valence-electron chi connectivity index (χ4n) is 2.31. The first-order valence-corrected chi connectivity index (χ1v) is 7.86. The number of imidazole rings is 1. The number of aromatic nitrogens is 2. The third-order valence-corrected chi connectivity index (χ3v) is 3.87. The van der Waals surface area contributed by atoms with Gasteiger partial charge in [-0.3, -0.25) is 4.40 Å². The molecular formula is C14H24N4OS. The van der Waals surface area contributed by atoms with Crippen molar-refractivity contribution in [2.75, 3.05) is 38.8 Å². The van der Waals surface area contributed by atoms with Crippen LogP contribution in [0.5, 0.6) is 0 Å². The molecule has 0 fully saturated rings. The van der Waals surface area contributed by atoms with E-state index in [0.29, 0.717) is 5.92 Å². The van der Waals surface area contributed by atoms with E-state index in [1.54, 1.807) is 18.4 Å². The normalized spacial score (nSPS) is 11.7. The van der Waals surface area contributed by atoms with Crippen LogP contribution in [0.15, 0.2) is 11.6 Å². The molecule has 6 heteroatoms. The van der Waals surface area contributed by atoms with E-state index in [1.165, 1.54) is 5.69 Å². The van der Waals surface area contributed by atoms with Crippen LogP contribution in [0.4, 0.5) is 5.82 Å². The molecule has 112 valence electrons. The molecule has 20 heavy (non-hydrogen) atoms. The molecule has 0 aliphatic heterocycles. The largest absolute Gasteiger partial charge is 0.383 e. The molecule has 2 aromatic rings. The lowest BCUT2D eigenvalue weighted by Crippen LogP contribution is -2.26. The van der Waals surface area contributed by atoms with Crippen LogP contribution in [0.3, 0.4) is 0 Å². The van der Waals surface area contributed by atoms with Crippen LogP contribution in [0.1, 0.15) is 19.5 Å². The standard InChI is InChI=1S/C14H24N4OS/c1-11(2)10-17(3)13-12(9-15-5-7-19-4)18-6-8-20-14(18)16-13/h6,8,11,15H,5,7,9-10H2,1-4H3. The highest BCUT2D eigenvalue weighted by Crippen LogP contribution is 2.24. The van der Waals surface area contributed by atoms with E-state index in [0.717, 1.165) is 37.0 Å². The maximum absolute atomic E-state index is 5.07. The highest BCUT2D eigenvalue weighted by molar-refractivity contribution is 7.15. The van der Waals surface area contributed by atoms with Crippen LogP contribution in [0.25, 0.3) is 4.96 Å². The number of hydrogen-bond acceptors (Lipinski definition) is 5. The summed E-state index contributed by atoms with van der Waals surface area (Å²) >= 11 is 1.68. The molecule has 2 heterocycles. The third-order valence-electron chi connectivity index (χ3n) is 3.12. The molecule has 0 aromatic carbocycles. The van der Waals surface area contributed by atoms with Crippen LogP contribution in [-0.2, 0) is 11.3 Å². The second-order valence-electron chi connectivity index (χ2n) is 5.38. The number of methoxy groups -OCH3 is 1. The SMILES string of the molecule is COCCNCc1c(N(C)CC(C)C)nc2sccn12. The van der Waals surface area contributed by atoms with Crippen molar-refractivity contribution in [3.8, 4) is 0 Å². The van der Waals surface area contributed by atoms with E-state index in [4.69, 9.17) is 9.72 Å². The summed E-state index contributed by atoms with van der Waals surface area (Å²) in [7, 11) is 3.84. The summed E-state index contributed by atoms with van der Waals surface area (Å²) < 4.78 is 7.25. The Bertz CT molecular complexity index is 534. The van der Waals surface area contributed by atoms with Crippen molar-refractivity contribution in [3.05, 3.63) is 17.3 Å². The molecule has 0 bridgehead atoms. The van der Waals surface area contributed by atoms with Crippen molar-refractivity contribution < 1.29 is 4.74 Å². The minimum atomic E-state index is 0.619. The zero-order chi connectivity index (χ0) is 14.5. The van der Waals surface area contributed by atoms with Gasteiger partial charge in [-0.1, -0.05) is 13.8 Å². The molecule has 0 aliphatic carbocycles. The molecule has 0 spiro atoms. The molecule has 0 aliphatic rings. The molecular weight excluding hydrogens is 272 g/mol. The van der Waals surface area contributed by atoms with Gasteiger partial charge in [-0.05, 0) is 5.92 Å². The monoisotopic (exact) mass is 296 g/mol. The van der Waals surface area contributed by atoms with Crippen LogP contribution >= 0.6 is 11.3 Å². The maximum Gasteiger partial charge on any atom is 0.195 e. The molecule has 0 unspecified atom stereocenters. The van der Waals surface area contributed by atoms with Gasteiger partial charge in [0.15, 0.2) is 10.8 Å². The summed E-state index contributed by atoms with van der Waals surface area (Å²) in [4.78, 5) is 8.06. The number of fused-ring (bicyclic) bond motifs is 1. The lowest BCUT2D eigenvalue weighted by atomic mass is 10.2. The Morgan fingerprint density at radius 3 is 3.00 bits per heavy atom. The number of thiazole rings is 1. The Morgan fingerprint density at radius 1 is 1.50 bits per heavy atom. The Labute approximate surface area is 124 Å². The van der Waals surface area contributed by atoms with Crippen molar-refractivity contribution >= 4 is 22.1 Å². The molecule has 0 radical (unpaired) electrons. The molecule has 2 aromatic heterocycles. The molecule has 0 atom stereocenters. The topological polar surface area (TPSA) is 41.8 Å². The van der Waals surface area contributed by atoms with Crippen molar-refractivity contribution in [3.63, 3.8) is 0 Å². The number of nitrogens with one attached hydrogen (secondary N) is 1. The summed E-state index contributed by atoms with van der Waals surface area (Å²) in [6.45, 7) is 7.84. The Kier molecular flexibility index (Phi) is 5.39. The smallest absolute Gasteiger partial charge is 0.195 e. The van der Waals surface area contributed by atoms with Crippen LogP contribution < -0.4 is 10.2 Å². The Morgan fingerprint density at radius 2 is 2.30 bits per heavy atom. The average molecular weight is 296 g/mol. The highest BCUT2D eigenvalue weighted by Gasteiger charge is 2.16. The van der Waals surface area contributed by atoms with Gasteiger partial charge in [0.05, 0.1) is 12.3 Å². The predicted molar refractivity (Wildman–Crippen MR) is 84.8 cm³/mol. The number of ether oxygens (including phenoxy) is 1. The summed E-state index contributed by atoms with van der Waals surface area (Å²) in [5.41, 5.74) is 1.22. The summed E-state index contributed by atoms with van der Waals surface area (Å²) in [6.07, 6.45) is 2.09. The second kappa shape index (κ2) is 7.06. The Balaban J connectivity index is 2.17. The molecule has 2 rings (SSSR count). The van der Waals surface area contributed by atoms with E-state index in [9.17, 15) is 0 Å². The molecule has 0 saturated carbocycles. The first-order chi connectivity index (χ1) is 9.63. The minimum absolute atomic E-state index is 0.619. The van der Waals surface area contributed by atoms with Gasteiger partial charge in [0, 0.05) is 45.4 Å². The average Bonchev–Trinajstić information content (AvgIpc) is 2.95. The molecule has 0 saturated heterocycles. The van der Waals surface area contributed by atoms with Gasteiger partial charge in [0.2, 0.25) is 0 Å². The lowest BCUT2D eigenvalue weighted by Gasteiger charge is -2.20. The van der Waals surface area contributed by atoms with Gasteiger partial charge in [0.25, 0.3) is 0 Å².